The van der Waals surface area contributed by atoms with Gasteiger partial charge in [0.15, 0.2) is 0 Å². The minimum atomic E-state index is -2.66. The van der Waals surface area contributed by atoms with Gasteiger partial charge in [0.1, 0.15) is 18.5 Å². The molecular weight excluding hydrogens is 378 g/mol. The Kier molecular flexibility index (Phi) is 5.34. The number of nitrogens with one attached hydrogen (secondary N) is 1. The number of H-pyrrole nitrogens is 1. The number of rotatable bonds is 6. The van der Waals surface area contributed by atoms with Crippen molar-refractivity contribution in [1.82, 2.24) is 9.88 Å². The van der Waals surface area contributed by atoms with Crippen molar-refractivity contribution in [3.63, 3.8) is 0 Å². The van der Waals surface area contributed by atoms with E-state index in [1.807, 2.05) is 36.4 Å². The third-order valence-electron chi connectivity index (χ3n) is 5.09. The molecule has 2 N–H and O–H groups in total. The quantitative estimate of drug-likeness (QED) is 0.667. The number of aliphatic hydroxyl groups excluding tert-OH is 1. The van der Waals surface area contributed by atoms with E-state index in [1.165, 1.54) is 6.07 Å². The molecule has 1 atom stereocenters. The topological polar surface area (TPSA) is 65.6 Å². The van der Waals surface area contributed by atoms with Gasteiger partial charge in [-0.3, -0.25) is 9.69 Å². The van der Waals surface area contributed by atoms with E-state index < -0.39 is 12.0 Å². The van der Waals surface area contributed by atoms with Crippen LogP contribution in [0.15, 0.2) is 59.5 Å². The summed E-state index contributed by atoms with van der Waals surface area (Å²) >= 11 is 0. The maximum absolute atomic E-state index is 13.2. The van der Waals surface area contributed by atoms with Gasteiger partial charge in [0.25, 0.3) is 5.92 Å². The molecule has 1 aromatic heterocycles. The van der Waals surface area contributed by atoms with Crippen molar-refractivity contribution in [2.24, 2.45) is 0 Å². The first-order chi connectivity index (χ1) is 13.9. The summed E-state index contributed by atoms with van der Waals surface area (Å²) in [6.07, 6.45) is 0.687. The number of hydrogen-bond donors (Lipinski definition) is 2. The van der Waals surface area contributed by atoms with Crippen LogP contribution in [0.1, 0.15) is 6.42 Å². The summed E-state index contributed by atoms with van der Waals surface area (Å²) < 4.78 is 32.1. The first kappa shape index (κ1) is 19.5. The highest BCUT2D eigenvalue weighted by Crippen LogP contribution is 2.28. The fourth-order valence-electron chi connectivity index (χ4n) is 3.59. The Morgan fingerprint density at radius 3 is 2.59 bits per heavy atom. The monoisotopic (exact) mass is 400 g/mol. The van der Waals surface area contributed by atoms with Crippen molar-refractivity contribution in [2.45, 2.75) is 18.4 Å². The summed E-state index contributed by atoms with van der Waals surface area (Å²) in [5.41, 5.74) is 1.76. The van der Waals surface area contributed by atoms with E-state index in [-0.39, 0.29) is 38.2 Å². The number of aromatic nitrogens is 1. The van der Waals surface area contributed by atoms with Crippen LogP contribution in [0.5, 0.6) is 5.75 Å². The number of ether oxygens (including phenoxy) is 1. The fourth-order valence-corrected chi connectivity index (χ4v) is 3.59. The maximum atomic E-state index is 13.2. The number of β-amino-alcohol motifs (C(OH)–C–C–N with tert-alkyl or cyclic N) is 1. The Hall–Kier alpha value is -2.77. The smallest absolute Gasteiger partial charge is 0.261 e. The van der Waals surface area contributed by atoms with E-state index in [4.69, 9.17) is 4.74 Å². The molecule has 29 heavy (non-hydrogen) atoms. The predicted octanol–water partition coefficient (Wildman–Crippen LogP) is 3.28. The van der Waals surface area contributed by atoms with Crippen LogP contribution < -0.4 is 10.3 Å². The number of fused-ring (bicyclic) bond motifs is 1. The van der Waals surface area contributed by atoms with E-state index in [1.54, 1.807) is 17.2 Å². The number of aromatic amines is 1. The van der Waals surface area contributed by atoms with E-state index in [0.29, 0.717) is 5.75 Å². The maximum Gasteiger partial charge on any atom is 0.261 e. The lowest BCUT2D eigenvalue weighted by molar-refractivity contribution is 0.00461. The number of benzene rings is 2. The molecule has 1 unspecified atom stereocenters. The highest BCUT2D eigenvalue weighted by Gasteiger charge is 2.38. The molecule has 5 nitrogen and oxygen atoms in total. The van der Waals surface area contributed by atoms with E-state index >= 15 is 0 Å². The Labute approximate surface area is 166 Å². The van der Waals surface area contributed by atoms with Crippen LogP contribution in [0.25, 0.3) is 21.9 Å². The summed E-state index contributed by atoms with van der Waals surface area (Å²) in [7, 11) is 0. The van der Waals surface area contributed by atoms with Crippen LogP contribution in [-0.2, 0) is 0 Å². The van der Waals surface area contributed by atoms with Crippen LogP contribution in [-0.4, -0.2) is 53.3 Å². The van der Waals surface area contributed by atoms with Crippen molar-refractivity contribution in [1.29, 1.82) is 0 Å². The molecule has 2 aromatic carbocycles. The van der Waals surface area contributed by atoms with Gasteiger partial charge in [0.2, 0.25) is 5.56 Å². The molecule has 4 rings (SSSR count). The van der Waals surface area contributed by atoms with Crippen LogP contribution in [0.2, 0.25) is 0 Å². The summed E-state index contributed by atoms with van der Waals surface area (Å²) in [4.78, 5) is 15.4. The number of nitrogens with zero attached hydrogens (tertiary/aromatic N) is 1. The Morgan fingerprint density at radius 1 is 1.10 bits per heavy atom. The molecule has 0 aliphatic carbocycles. The average molecular weight is 400 g/mol. The standard InChI is InChI=1S/C22H22F2N2O3/c23-22(24)7-8-26(14-22)12-19(27)13-29-20-5-3-15-9-16(1-2-17(15)10-20)18-4-6-21(28)25-11-18/h1-6,9-11,19,27H,7-8,12-14H2,(H,25,28). The number of pyridine rings is 1. The molecule has 2 heterocycles. The van der Waals surface area contributed by atoms with Gasteiger partial charge in [-0.15, -0.1) is 0 Å². The second kappa shape index (κ2) is 7.93. The molecule has 1 aliphatic heterocycles. The minimum absolute atomic E-state index is 0.0447. The van der Waals surface area contributed by atoms with Gasteiger partial charge in [-0.2, -0.15) is 0 Å². The van der Waals surface area contributed by atoms with Gasteiger partial charge in [-0.05, 0) is 46.2 Å². The zero-order valence-corrected chi connectivity index (χ0v) is 15.8. The highest BCUT2D eigenvalue weighted by molar-refractivity contribution is 5.88. The molecule has 0 spiro atoms. The highest BCUT2D eigenvalue weighted by atomic mass is 19.3. The van der Waals surface area contributed by atoms with Gasteiger partial charge in [0.05, 0.1) is 6.54 Å². The third kappa shape index (κ3) is 4.81. The summed E-state index contributed by atoms with van der Waals surface area (Å²) in [6.45, 7) is 0.198. The van der Waals surface area contributed by atoms with Crippen molar-refractivity contribution in [2.75, 3.05) is 26.2 Å². The molecule has 0 amide bonds. The van der Waals surface area contributed by atoms with Crippen molar-refractivity contribution >= 4 is 10.8 Å². The zero-order valence-electron chi connectivity index (χ0n) is 15.8. The first-order valence-corrected chi connectivity index (χ1v) is 9.52. The van der Waals surface area contributed by atoms with E-state index in [0.717, 1.165) is 21.9 Å². The fraction of sp³-hybridized carbons (Fsp3) is 0.318. The van der Waals surface area contributed by atoms with Gasteiger partial charge in [-0.1, -0.05) is 18.2 Å². The Bertz CT molecular complexity index is 1050. The van der Waals surface area contributed by atoms with Crippen LogP contribution in [0, 0.1) is 0 Å². The molecule has 152 valence electrons. The van der Waals surface area contributed by atoms with Gasteiger partial charge in [0, 0.05) is 31.8 Å². The summed E-state index contributed by atoms with van der Waals surface area (Å²) in [5, 5.41) is 12.1. The van der Waals surface area contributed by atoms with Gasteiger partial charge in [-0.25, -0.2) is 8.78 Å². The van der Waals surface area contributed by atoms with Crippen LogP contribution >= 0.6 is 0 Å². The summed E-state index contributed by atoms with van der Waals surface area (Å²) in [6, 6.07) is 14.8. The Morgan fingerprint density at radius 2 is 1.86 bits per heavy atom. The van der Waals surface area contributed by atoms with Gasteiger partial charge < -0.3 is 14.8 Å². The lowest BCUT2D eigenvalue weighted by atomic mass is 10.0. The molecule has 1 aliphatic rings. The number of hydrogen-bond acceptors (Lipinski definition) is 4. The molecule has 1 saturated heterocycles. The molecule has 3 aromatic rings. The second-order valence-electron chi connectivity index (χ2n) is 7.47. The zero-order chi connectivity index (χ0) is 20.4. The third-order valence-corrected chi connectivity index (χ3v) is 5.09. The summed E-state index contributed by atoms with van der Waals surface area (Å²) in [5.74, 6) is -2.05. The van der Waals surface area contributed by atoms with Gasteiger partial charge >= 0.3 is 0 Å². The largest absolute Gasteiger partial charge is 0.491 e. The minimum Gasteiger partial charge on any atom is -0.491 e. The molecule has 0 saturated carbocycles. The second-order valence-corrected chi connectivity index (χ2v) is 7.47. The average Bonchev–Trinajstić information content (AvgIpc) is 3.04. The van der Waals surface area contributed by atoms with Crippen molar-refractivity contribution < 1.29 is 18.6 Å². The molecule has 7 heteroatoms. The first-order valence-electron chi connectivity index (χ1n) is 9.52. The number of halogens is 2. The SMILES string of the molecule is O=c1ccc(-c2ccc3cc(OCC(O)CN4CCC(F)(F)C4)ccc3c2)c[nH]1. The van der Waals surface area contributed by atoms with Crippen molar-refractivity contribution in [3.8, 4) is 16.9 Å². The normalized spacial score (nSPS) is 17.5. The predicted molar refractivity (Wildman–Crippen MR) is 108 cm³/mol. The molecule has 1 fully saturated rings. The van der Waals surface area contributed by atoms with E-state index in [9.17, 15) is 18.7 Å². The molecule has 0 bridgehead atoms. The number of aliphatic hydroxyl groups is 1. The number of likely N-dealkylation sites (tertiary alicyclic amines) is 1. The molecular formula is C22H22F2N2O3. The lowest BCUT2D eigenvalue weighted by Crippen LogP contribution is -2.35. The van der Waals surface area contributed by atoms with Crippen LogP contribution in [0.3, 0.4) is 0 Å². The van der Waals surface area contributed by atoms with Crippen molar-refractivity contribution in [3.05, 3.63) is 65.1 Å². The van der Waals surface area contributed by atoms with Crippen LogP contribution in [0.4, 0.5) is 8.78 Å². The number of alkyl halides is 2. The lowest BCUT2D eigenvalue weighted by Gasteiger charge is -2.20. The molecule has 0 radical (unpaired) electrons. The van der Waals surface area contributed by atoms with E-state index in [2.05, 4.69) is 4.98 Å². The Balaban J connectivity index is 1.39.